The van der Waals surface area contributed by atoms with Crippen LogP contribution in [0.5, 0.6) is 5.88 Å². The van der Waals surface area contributed by atoms with Gasteiger partial charge in [-0.25, -0.2) is 4.98 Å². The summed E-state index contributed by atoms with van der Waals surface area (Å²) in [5, 5.41) is 0. The number of aromatic nitrogens is 3. The Morgan fingerprint density at radius 3 is 2.77 bits per heavy atom. The van der Waals surface area contributed by atoms with E-state index in [2.05, 4.69) is 48.1 Å². The number of pyridine rings is 1. The molecule has 2 aromatic rings. The number of ether oxygens (including phenoxy) is 1. The smallest absolute Gasteiger partial charge is 0.253 e. The van der Waals surface area contributed by atoms with Crippen molar-refractivity contribution in [2.75, 3.05) is 6.61 Å². The summed E-state index contributed by atoms with van der Waals surface area (Å²) in [4.78, 5) is 20.9. The molecule has 5 heteroatoms. The van der Waals surface area contributed by atoms with E-state index >= 15 is 0 Å². The van der Waals surface area contributed by atoms with E-state index in [-0.39, 0.29) is 5.56 Å². The molecule has 1 aliphatic rings. The lowest BCUT2D eigenvalue weighted by Gasteiger charge is -2.12. The van der Waals surface area contributed by atoms with Crippen molar-refractivity contribution in [2.24, 2.45) is 18.9 Å². The Morgan fingerprint density at radius 1 is 1.29 bits per heavy atom. The van der Waals surface area contributed by atoms with Crippen LogP contribution in [0.25, 0.3) is 11.1 Å². The SMILES string of the molecule is CC=CC/C(C)=C\C=C(/C)C1C[C@@H]1COc1nc(C)ncc1-c1cc(C)c(=O)n(C)c1. The third-order valence-corrected chi connectivity index (χ3v) is 5.80. The first-order chi connectivity index (χ1) is 14.8. The Labute approximate surface area is 185 Å². The van der Waals surface area contributed by atoms with Crippen molar-refractivity contribution >= 4 is 0 Å². The summed E-state index contributed by atoms with van der Waals surface area (Å²) >= 11 is 0. The summed E-state index contributed by atoms with van der Waals surface area (Å²) in [5.41, 5.74) is 5.15. The highest BCUT2D eigenvalue weighted by molar-refractivity contribution is 5.67. The van der Waals surface area contributed by atoms with Crippen LogP contribution in [-0.2, 0) is 7.05 Å². The molecule has 0 bridgehead atoms. The van der Waals surface area contributed by atoms with Crippen molar-refractivity contribution in [3.8, 4) is 17.0 Å². The predicted octanol–water partition coefficient (Wildman–Crippen LogP) is 5.33. The number of aryl methyl sites for hydroxylation is 3. The van der Waals surface area contributed by atoms with Crippen LogP contribution in [0.2, 0.25) is 0 Å². The second-order valence-corrected chi connectivity index (χ2v) is 8.57. The summed E-state index contributed by atoms with van der Waals surface area (Å²) in [6, 6.07) is 1.87. The minimum atomic E-state index is -0.00247. The van der Waals surface area contributed by atoms with Gasteiger partial charge in [-0.15, -0.1) is 0 Å². The first-order valence-corrected chi connectivity index (χ1v) is 10.9. The minimum Gasteiger partial charge on any atom is -0.477 e. The highest BCUT2D eigenvalue weighted by Crippen LogP contribution is 2.44. The van der Waals surface area contributed by atoms with Gasteiger partial charge in [-0.2, -0.15) is 4.98 Å². The topological polar surface area (TPSA) is 57.0 Å². The molecule has 1 unspecified atom stereocenters. The molecule has 2 heterocycles. The molecule has 1 fully saturated rings. The lowest BCUT2D eigenvalue weighted by Crippen LogP contribution is -2.18. The highest BCUT2D eigenvalue weighted by Gasteiger charge is 2.38. The van der Waals surface area contributed by atoms with E-state index in [0.717, 1.165) is 24.0 Å². The third kappa shape index (κ3) is 5.81. The van der Waals surface area contributed by atoms with Crippen LogP contribution < -0.4 is 10.3 Å². The number of hydrogen-bond donors (Lipinski definition) is 0. The Morgan fingerprint density at radius 2 is 2.06 bits per heavy atom. The molecule has 0 radical (unpaired) electrons. The monoisotopic (exact) mass is 419 g/mol. The van der Waals surface area contributed by atoms with Gasteiger partial charge in [-0.1, -0.05) is 35.5 Å². The van der Waals surface area contributed by atoms with Crippen LogP contribution in [0.1, 0.15) is 45.0 Å². The summed E-state index contributed by atoms with van der Waals surface area (Å²) in [6.07, 6.45) is 14.5. The third-order valence-electron chi connectivity index (χ3n) is 5.80. The van der Waals surface area contributed by atoms with Gasteiger partial charge in [0.25, 0.3) is 5.56 Å². The van der Waals surface area contributed by atoms with E-state index in [4.69, 9.17) is 4.74 Å². The van der Waals surface area contributed by atoms with Crippen LogP contribution in [0.15, 0.2) is 58.7 Å². The van der Waals surface area contributed by atoms with Gasteiger partial charge < -0.3 is 9.30 Å². The summed E-state index contributed by atoms with van der Waals surface area (Å²) < 4.78 is 7.76. The molecule has 3 rings (SSSR count). The van der Waals surface area contributed by atoms with Crippen molar-refractivity contribution in [3.05, 3.63) is 75.7 Å². The fourth-order valence-electron chi connectivity index (χ4n) is 3.73. The normalized spacial score (nSPS) is 19.2. The second-order valence-electron chi connectivity index (χ2n) is 8.57. The lowest BCUT2D eigenvalue weighted by atomic mass is 10.1. The highest BCUT2D eigenvalue weighted by atomic mass is 16.5. The van der Waals surface area contributed by atoms with Gasteiger partial charge in [-0.3, -0.25) is 4.79 Å². The number of rotatable bonds is 8. The zero-order valence-electron chi connectivity index (χ0n) is 19.5. The van der Waals surface area contributed by atoms with Crippen LogP contribution in [-0.4, -0.2) is 21.1 Å². The van der Waals surface area contributed by atoms with Gasteiger partial charge in [0, 0.05) is 36.5 Å². The lowest BCUT2D eigenvalue weighted by molar-refractivity contribution is 0.283. The Hall–Kier alpha value is -2.95. The summed E-state index contributed by atoms with van der Waals surface area (Å²) in [5.74, 6) is 2.33. The first-order valence-electron chi connectivity index (χ1n) is 10.9. The molecule has 0 amide bonds. The number of allylic oxidation sites excluding steroid dienone is 6. The standard InChI is InChI=1S/C26H33N3O2/c1-7-8-9-17(2)10-11-18(3)23-13-22(23)16-31-25-24(14-27-20(5)28-25)21-12-19(4)26(30)29(6)15-21/h7-8,10-12,14-15,22-23H,9,13,16H2,1-6H3/b8-7?,17-10-,18-11+/t22-,23?/m1/s1. The molecule has 0 spiro atoms. The molecule has 31 heavy (non-hydrogen) atoms. The van der Waals surface area contributed by atoms with E-state index in [0.29, 0.717) is 35.7 Å². The molecule has 2 atom stereocenters. The molecule has 1 aliphatic carbocycles. The van der Waals surface area contributed by atoms with E-state index in [1.54, 1.807) is 17.8 Å². The molecule has 1 saturated carbocycles. The number of hydrogen-bond acceptors (Lipinski definition) is 4. The van der Waals surface area contributed by atoms with Gasteiger partial charge in [-0.05, 0) is 59.4 Å². The van der Waals surface area contributed by atoms with E-state index in [1.807, 2.05) is 33.0 Å². The van der Waals surface area contributed by atoms with Crippen LogP contribution in [0.3, 0.4) is 0 Å². The molecule has 0 aromatic carbocycles. The number of nitrogens with zero attached hydrogens (tertiary/aromatic N) is 3. The zero-order valence-corrected chi connectivity index (χ0v) is 19.5. The molecule has 5 nitrogen and oxygen atoms in total. The van der Waals surface area contributed by atoms with Crippen molar-refractivity contribution in [1.82, 2.24) is 14.5 Å². The Bertz CT molecular complexity index is 1070. The minimum absolute atomic E-state index is 0.00247. The second kappa shape index (κ2) is 9.90. The van der Waals surface area contributed by atoms with Gasteiger partial charge in [0.15, 0.2) is 0 Å². The average molecular weight is 420 g/mol. The molecule has 0 N–H and O–H groups in total. The fraction of sp³-hybridized carbons (Fsp3) is 0.423. The van der Waals surface area contributed by atoms with Gasteiger partial charge in [0.1, 0.15) is 5.82 Å². The van der Waals surface area contributed by atoms with Crippen molar-refractivity contribution in [2.45, 2.75) is 47.5 Å². The van der Waals surface area contributed by atoms with Gasteiger partial charge in [0.2, 0.25) is 5.88 Å². The maximum Gasteiger partial charge on any atom is 0.253 e. The molecule has 2 aromatic heterocycles. The summed E-state index contributed by atoms with van der Waals surface area (Å²) in [7, 11) is 1.76. The van der Waals surface area contributed by atoms with Gasteiger partial charge in [0.05, 0.1) is 12.2 Å². The molecule has 0 saturated heterocycles. The molecule has 164 valence electrons. The summed E-state index contributed by atoms with van der Waals surface area (Å²) in [6.45, 7) is 10.7. The maximum atomic E-state index is 12.0. The van der Waals surface area contributed by atoms with Crippen molar-refractivity contribution in [3.63, 3.8) is 0 Å². The predicted molar refractivity (Wildman–Crippen MR) is 126 cm³/mol. The largest absolute Gasteiger partial charge is 0.477 e. The molecular formula is C26H33N3O2. The van der Waals surface area contributed by atoms with E-state index < -0.39 is 0 Å². The zero-order chi connectivity index (χ0) is 22.5. The quantitative estimate of drug-likeness (QED) is 0.428. The van der Waals surface area contributed by atoms with Gasteiger partial charge >= 0.3 is 0 Å². The fourth-order valence-corrected chi connectivity index (χ4v) is 3.73. The van der Waals surface area contributed by atoms with Crippen LogP contribution >= 0.6 is 0 Å². The Kier molecular flexibility index (Phi) is 7.26. The van der Waals surface area contributed by atoms with Crippen molar-refractivity contribution < 1.29 is 4.74 Å². The Balaban J connectivity index is 1.70. The van der Waals surface area contributed by atoms with Crippen molar-refractivity contribution in [1.29, 1.82) is 0 Å². The molecule has 0 aliphatic heterocycles. The van der Waals surface area contributed by atoms with Crippen LogP contribution in [0.4, 0.5) is 0 Å². The van der Waals surface area contributed by atoms with Crippen LogP contribution in [0, 0.1) is 25.7 Å². The first kappa shape index (κ1) is 22.7. The maximum absolute atomic E-state index is 12.0. The van der Waals surface area contributed by atoms with E-state index in [9.17, 15) is 4.79 Å². The average Bonchev–Trinajstić information content (AvgIpc) is 3.52. The molecular weight excluding hydrogens is 386 g/mol. The van der Waals surface area contributed by atoms with E-state index in [1.165, 1.54) is 11.1 Å².